The van der Waals surface area contributed by atoms with Gasteiger partial charge in [-0.25, -0.2) is 4.79 Å². The molecule has 1 aliphatic heterocycles. The maximum absolute atomic E-state index is 11.0. The topological polar surface area (TPSA) is 53.0 Å². The monoisotopic (exact) mass is 202 g/mol. The van der Waals surface area contributed by atoms with Gasteiger partial charge in [0.15, 0.2) is 0 Å². The highest BCUT2D eigenvalue weighted by Gasteiger charge is 2.21. The van der Waals surface area contributed by atoms with Crippen LogP contribution in [-0.4, -0.2) is 67.4 Å². The third-order valence-corrected chi connectivity index (χ3v) is 2.29. The summed E-state index contributed by atoms with van der Waals surface area (Å²) in [6.07, 6.45) is 0.571. The van der Waals surface area contributed by atoms with Crippen LogP contribution in [0, 0.1) is 0 Å². The van der Waals surface area contributed by atoms with Gasteiger partial charge in [-0.15, -0.1) is 0 Å². The quantitative estimate of drug-likeness (QED) is 0.645. The van der Waals surface area contributed by atoms with Crippen LogP contribution in [0.5, 0.6) is 0 Å². The SMILES string of the molecule is CN(CCCO)CCN1CCOC1=O. The van der Waals surface area contributed by atoms with E-state index in [1.54, 1.807) is 4.90 Å². The highest BCUT2D eigenvalue weighted by Crippen LogP contribution is 2.02. The van der Waals surface area contributed by atoms with Crippen LogP contribution in [0.1, 0.15) is 6.42 Å². The first-order valence-electron chi connectivity index (χ1n) is 4.95. The lowest BCUT2D eigenvalue weighted by atomic mass is 10.4. The number of hydrogen-bond acceptors (Lipinski definition) is 4. The zero-order valence-electron chi connectivity index (χ0n) is 8.61. The molecule has 0 aromatic rings. The van der Waals surface area contributed by atoms with E-state index in [2.05, 4.69) is 4.90 Å². The maximum Gasteiger partial charge on any atom is 0.409 e. The molecule has 0 spiro atoms. The van der Waals surface area contributed by atoms with Crippen LogP contribution >= 0.6 is 0 Å². The number of cyclic esters (lactones) is 1. The second-order valence-corrected chi connectivity index (χ2v) is 3.48. The van der Waals surface area contributed by atoms with E-state index >= 15 is 0 Å². The van der Waals surface area contributed by atoms with Crippen molar-refractivity contribution in [3.05, 3.63) is 0 Å². The van der Waals surface area contributed by atoms with Crippen molar-refractivity contribution in [2.24, 2.45) is 0 Å². The smallest absolute Gasteiger partial charge is 0.409 e. The van der Waals surface area contributed by atoms with Crippen molar-refractivity contribution in [3.8, 4) is 0 Å². The molecule has 0 atom stereocenters. The van der Waals surface area contributed by atoms with E-state index in [9.17, 15) is 4.79 Å². The Morgan fingerprint density at radius 3 is 2.93 bits per heavy atom. The van der Waals surface area contributed by atoms with Crippen LogP contribution in [0.25, 0.3) is 0 Å². The standard InChI is InChI=1S/C9H18N2O3/c1-10(3-2-7-12)4-5-11-6-8-14-9(11)13/h12H,2-8H2,1H3. The van der Waals surface area contributed by atoms with Gasteiger partial charge < -0.3 is 19.6 Å². The van der Waals surface area contributed by atoms with E-state index in [4.69, 9.17) is 9.84 Å². The average Bonchev–Trinajstić information content (AvgIpc) is 2.58. The van der Waals surface area contributed by atoms with Crippen LogP contribution in [0.4, 0.5) is 4.79 Å². The summed E-state index contributed by atoms with van der Waals surface area (Å²) < 4.78 is 4.81. The Morgan fingerprint density at radius 1 is 1.57 bits per heavy atom. The van der Waals surface area contributed by atoms with Gasteiger partial charge in [-0.3, -0.25) is 0 Å². The zero-order chi connectivity index (χ0) is 10.4. The normalized spacial score (nSPS) is 16.5. The molecule has 1 fully saturated rings. The summed E-state index contributed by atoms with van der Waals surface area (Å²) in [6, 6.07) is 0. The minimum Gasteiger partial charge on any atom is -0.448 e. The number of amides is 1. The Labute approximate surface area is 84.2 Å². The third kappa shape index (κ3) is 3.51. The second kappa shape index (κ2) is 5.82. The first-order valence-corrected chi connectivity index (χ1v) is 4.95. The fourth-order valence-electron chi connectivity index (χ4n) is 1.37. The largest absolute Gasteiger partial charge is 0.448 e. The molecule has 0 unspecified atom stereocenters. The van der Waals surface area contributed by atoms with E-state index in [1.807, 2.05) is 7.05 Å². The van der Waals surface area contributed by atoms with Gasteiger partial charge >= 0.3 is 6.09 Å². The molecular weight excluding hydrogens is 184 g/mol. The number of nitrogens with zero attached hydrogens (tertiary/aromatic N) is 2. The van der Waals surface area contributed by atoms with Gasteiger partial charge in [0.05, 0.1) is 6.54 Å². The lowest BCUT2D eigenvalue weighted by Gasteiger charge is -2.19. The Morgan fingerprint density at radius 2 is 2.36 bits per heavy atom. The predicted octanol–water partition coefficient (Wildman–Crippen LogP) is -0.247. The predicted molar refractivity (Wildman–Crippen MR) is 52.1 cm³/mol. The minimum atomic E-state index is -0.208. The second-order valence-electron chi connectivity index (χ2n) is 3.48. The van der Waals surface area contributed by atoms with Gasteiger partial charge in [0, 0.05) is 26.2 Å². The van der Waals surface area contributed by atoms with Crippen molar-refractivity contribution in [2.75, 3.05) is 46.4 Å². The van der Waals surface area contributed by atoms with E-state index in [0.717, 1.165) is 19.5 Å². The van der Waals surface area contributed by atoms with Crippen LogP contribution in [0.2, 0.25) is 0 Å². The number of carbonyl (C=O) groups excluding carboxylic acids is 1. The molecule has 0 radical (unpaired) electrons. The first-order chi connectivity index (χ1) is 6.74. The number of carbonyl (C=O) groups is 1. The van der Waals surface area contributed by atoms with E-state index in [1.165, 1.54) is 0 Å². The van der Waals surface area contributed by atoms with Gasteiger partial charge in [0.2, 0.25) is 0 Å². The number of hydrogen-bond donors (Lipinski definition) is 1. The number of likely N-dealkylation sites (N-methyl/N-ethyl adjacent to an activating group) is 1. The van der Waals surface area contributed by atoms with Crippen LogP contribution < -0.4 is 0 Å². The summed E-state index contributed by atoms with van der Waals surface area (Å²) >= 11 is 0. The number of ether oxygens (including phenoxy) is 1. The van der Waals surface area contributed by atoms with E-state index in [0.29, 0.717) is 19.7 Å². The van der Waals surface area contributed by atoms with E-state index in [-0.39, 0.29) is 12.7 Å². The lowest BCUT2D eigenvalue weighted by Crippen LogP contribution is -2.34. The summed E-state index contributed by atoms with van der Waals surface area (Å²) in [5.74, 6) is 0. The van der Waals surface area contributed by atoms with Crippen molar-refractivity contribution < 1.29 is 14.6 Å². The zero-order valence-corrected chi connectivity index (χ0v) is 8.61. The van der Waals surface area contributed by atoms with Crippen LogP contribution in [-0.2, 0) is 4.74 Å². The molecule has 5 nitrogen and oxygen atoms in total. The third-order valence-electron chi connectivity index (χ3n) is 2.29. The molecule has 82 valence electrons. The van der Waals surface area contributed by atoms with Gasteiger partial charge in [0.25, 0.3) is 0 Å². The average molecular weight is 202 g/mol. The van der Waals surface area contributed by atoms with Crippen molar-refractivity contribution in [3.63, 3.8) is 0 Å². The molecule has 0 aromatic carbocycles. The summed E-state index contributed by atoms with van der Waals surface area (Å²) in [7, 11) is 1.98. The highest BCUT2D eigenvalue weighted by molar-refractivity contribution is 5.69. The van der Waals surface area contributed by atoms with Crippen molar-refractivity contribution in [1.29, 1.82) is 0 Å². The summed E-state index contributed by atoms with van der Waals surface area (Å²) in [4.78, 5) is 14.8. The molecule has 0 aromatic heterocycles. The molecule has 5 heteroatoms. The molecule has 1 amide bonds. The molecule has 0 saturated carbocycles. The molecular formula is C9H18N2O3. The Bertz CT molecular complexity index is 187. The fraction of sp³-hybridized carbons (Fsp3) is 0.889. The minimum absolute atomic E-state index is 0.208. The Hall–Kier alpha value is -0.810. The van der Waals surface area contributed by atoms with E-state index < -0.39 is 0 Å². The molecule has 1 aliphatic rings. The number of aliphatic hydroxyl groups is 1. The first kappa shape index (κ1) is 11.3. The molecule has 1 rings (SSSR count). The highest BCUT2D eigenvalue weighted by atomic mass is 16.6. The lowest BCUT2D eigenvalue weighted by molar-refractivity contribution is 0.154. The molecule has 1 N–H and O–H groups in total. The van der Waals surface area contributed by atoms with Crippen LogP contribution in [0.15, 0.2) is 0 Å². The number of rotatable bonds is 6. The van der Waals surface area contributed by atoms with Gasteiger partial charge in [-0.05, 0) is 13.5 Å². The van der Waals surface area contributed by atoms with Crippen molar-refractivity contribution in [1.82, 2.24) is 9.80 Å². The fourth-order valence-corrected chi connectivity index (χ4v) is 1.37. The molecule has 14 heavy (non-hydrogen) atoms. The Balaban J connectivity index is 2.10. The Kier molecular flexibility index (Phi) is 4.69. The molecule has 1 saturated heterocycles. The van der Waals surface area contributed by atoms with Gasteiger partial charge in [-0.1, -0.05) is 0 Å². The maximum atomic E-state index is 11.0. The number of aliphatic hydroxyl groups excluding tert-OH is 1. The molecule has 0 aliphatic carbocycles. The van der Waals surface area contributed by atoms with Crippen molar-refractivity contribution in [2.45, 2.75) is 6.42 Å². The van der Waals surface area contributed by atoms with Gasteiger partial charge in [-0.2, -0.15) is 0 Å². The van der Waals surface area contributed by atoms with Gasteiger partial charge in [0.1, 0.15) is 6.61 Å². The molecule has 0 bridgehead atoms. The summed E-state index contributed by atoms with van der Waals surface area (Å²) in [6.45, 7) is 3.83. The molecule has 1 heterocycles. The summed E-state index contributed by atoms with van der Waals surface area (Å²) in [5.41, 5.74) is 0. The van der Waals surface area contributed by atoms with Crippen molar-refractivity contribution >= 4 is 6.09 Å². The van der Waals surface area contributed by atoms with Crippen LogP contribution in [0.3, 0.4) is 0 Å². The summed E-state index contributed by atoms with van der Waals surface area (Å²) in [5, 5.41) is 8.63.